The highest BCUT2D eigenvalue weighted by Gasteiger charge is 2.32. The van der Waals surface area contributed by atoms with E-state index in [9.17, 15) is 9.59 Å². The fourth-order valence-electron chi connectivity index (χ4n) is 3.30. The first-order chi connectivity index (χ1) is 12.2. The molecule has 8 nitrogen and oxygen atoms in total. The van der Waals surface area contributed by atoms with Crippen LogP contribution in [0, 0.1) is 0 Å². The van der Waals surface area contributed by atoms with Crippen LogP contribution in [0.25, 0.3) is 5.65 Å². The molecule has 1 amide bonds. The Morgan fingerprint density at radius 2 is 2.24 bits per heavy atom. The zero-order valence-corrected chi connectivity index (χ0v) is 13.8. The second kappa shape index (κ2) is 6.12. The first-order valence-corrected chi connectivity index (χ1v) is 8.36. The van der Waals surface area contributed by atoms with Gasteiger partial charge in [-0.15, -0.1) is 0 Å². The van der Waals surface area contributed by atoms with Crippen molar-refractivity contribution in [2.75, 3.05) is 6.54 Å². The van der Waals surface area contributed by atoms with Gasteiger partial charge in [-0.3, -0.25) is 19.7 Å². The number of carbonyl (C=O) groups is 1. The van der Waals surface area contributed by atoms with E-state index in [1.807, 2.05) is 13.0 Å². The van der Waals surface area contributed by atoms with Gasteiger partial charge in [-0.25, -0.2) is 14.5 Å². The largest absolute Gasteiger partial charge is 0.329 e. The second-order valence-electron chi connectivity index (χ2n) is 6.09. The third-order valence-corrected chi connectivity index (χ3v) is 4.54. The number of carbonyl (C=O) groups excluding carboxylic acids is 1. The van der Waals surface area contributed by atoms with E-state index in [1.54, 1.807) is 11.1 Å². The molecule has 4 rings (SSSR count). The van der Waals surface area contributed by atoms with Crippen molar-refractivity contribution in [2.24, 2.45) is 0 Å². The predicted octanol–water partition coefficient (Wildman–Crippen LogP) is 1.35. The molecule has 128 valence electrons. The van der Waals surface area contributed by atoms with E-state index in [0.717, 1.165) is 24.2 Å². The van der Waals surface area contributed by atoms with Crippen LogP contribution in [0.4, 0.5) is 0 Å². The van der Waals surface area contributed by atoms with Gasteiger partial charge in [-0.05, 0) is 19.3 Å². The summed E-state index contributed by atoms with van der Waals surface area (Å²) in [6.45, 7) is 2.61. The molecular formula is C17H18N6O2. The summed E-state index contributed by atoms with van der Waals surface area (Å²) in [5, 5.41) is 3.11. The summed E-state index contributed by atoms with van der Waals surface area (Å²) in [5.41, 5.74) is 2.34. The molecular weight excluding hydrogens is 320 g/mol. The molecule has 8 heteroatoms. The number of fused-ring (bicyclic) bond motifs is 1. The maximum absolute atomic E-state index is 12.7. The van der Waals surface area contributed by atoms with Crippen LogP contribution in [0.15, 0.2) is 35.5 Å². The van der Waals surface area contributed by atoms with Crippen LogP contribution >= 0.6 is 0 Å². The Kier molecular flexibility index (Phi) is 3.79. The normalized spacial score (nSPS) is 17.3. The molecule has 0 saturated carbocycles. The molecule has 1 N–H and O–H groups in total. The average molecular weight is 338 g/mol. The average Bonchev–Trinajstić information content (AvgIpc) is 3.28. The molecule has 1 aliphatic rings. The lowest BCUT2D eigenvalue weighted by atomic mass is 10.1. The minimum Gasteiger partial charge on any atom is -0.329 e. The highest BCUT2D eigenvalue weighted by Crippen LogP contribution is 2.32. The highest BCUT2D eigenvalue weighted by molar-refractivity contribution is 5.92. The van der Waals surface area contributed by atoms with E-state index in [2.05, 4.69) is 20.1 Å². The summed E-state index contributed by atoms with van der Waals surface area (Å²) in [5.74, 6) is -0.149. The monoisotopic (exact) mass is 338 g/mol. The lowest BCUT2D eigenvalue weighted by molar-refractivity contribution is 0.0726. The van der Waals surface area contributed by atoms with E-state index in [4.69, 9.17) is 0 Å². The molecule has 0 bridgehead atoms. The first kappa shape index (κ1) is 15.5. The Bertz CT molecular complexity index is 978. The Hall–Kier alpha value is -3.03. The Morgan fingerprint density at radius 3 is 3.00 bits per heavy atom. The number of aromatic nitrogens is 5. The first-order valence-electron chi connectivity index (χ1n) is 8.36. The number of amides is 1. The summed E-state index contributed by atoms with van der Waals surface area (Å²) >= 11 is 0. The number of nitrogens with zero attached hydrogens (tertiary/aromatic N) is 5. The standard InChI is InChI=1S/C17H18N6O2/c1-2-11-8-16(24)23-15(20-11)9-12(21-23)14-4-3-7-22(14)17(25)13-10-18-5-6-19-13/h5-6,8-10,14,21H,2-4,7H2,1H3/t14-/m1/s1. The van der Waals surface area contributed by atoms with Gasteiger partial charge >= 0.3 is 0 Å². The SMILES string of the molecule is CCc1cc(=O)n2[nH]c([C@H]3CCCN3C(=O)c3cnccn3)cc2n1. The number of hydrogen-bond donors (Lipinski definition) is 1. The predicted molar refractivity (Wildman–Crippen MR) is 90.2 cm³/mol. The lowest BCUT2D eigenvalue weighted by Gasteiger charge is -2.23. The van der Waals surface area contributed by atoms with E-state index in [0.29, 0.717) is 24.3 Å². The van der Waals surface area contributed by atoms with Gasteiger partial charge in [-0.2, -0.15) is 0 Å². The van der Waals surface area contributed by atoms with Crippen LogP contribution in [0.3, 0.4) is 0 Å². The molecule has 0 unspecified atom stereocenters. The summed E-state index contributed by atoms with van der Waals surface area (Å²) in [4.78, 5) is 39.3. The summed E-state index contributed by atoms with van der Waals surface area (Å²) < 4.78 is 1.43. The maximum Gasteiger partial charge on any atom is 0.274 e. The van der Waals surface area contributed by atoms with Crippen molar-refractivity contribution in [2.45, 2.75) is 32.2 Å². The number of aromatic amines is 1. The van der Waals surface area contributed by atoms with E-state index in [1.165, 1.54) is 23.0 Å². The fourth-order valence-corrected chi connectivity index (χ4v) is 3.30. The minimum atomic E-state index is -0.149. The molecule has 1 fully saturated rings. The maximum atomic E-state index is 12.7. The van der Waals surface area contributed by atoms with E-state index < -0.39 is 0 Å². The van der Waals surface area contributed by atoms with Crippen LogP contribution in [-0.2, 0) is 6.42 Å². The number of aryl methyl sites for hydroxylation is 1. The van der Waals surface area contributed by atoms with Gasteiger partial charge in [0.15, 0.2) is 5.65 Å². The van der Waals surface area contributed by atoms with Crippen LogP contribution in [0.5, 0.6) is 0 Å². The van der Waals surface area contributed by atoms with Gasteiger partial charge in [0.1, 0.15) is 5.69 Å². The molecule has 3 aromatic rings. The molecule has 1 aliphatic heterocycles. The van der Waals surface area contributed by atoms with E-state index >= 15 is 0 Å². The third-order valence-electron chi connectivity index (χ3n) is 4.54. The second-order valence-corrected chi connectivity index (χ2v) is 6.09. The number of hydrogen-bond acceptors (Lipinski definition) is 5. The molecule has 0 spiro atoms. The van der Waals surface area contributed by atoms with Crippen LogP contribution in [0.1, 0.15) is 47.7 Å². The quantitative estimate of drug-likeness (QED) is 0.778. The van der Waals surface area contributed by atoms with Gasteiger partial charge in [0.2, 0.25) is 0 Å². The van der Waals surface area contributed by atoms with E-state index in [-0.39, 0.29) is 17.5 Å². The highest BCUT2D eigenvalue weighted by atomic mass is 16.2. The Balaban J connectivity index is 1.71. The van der Waals surface area contributed by atoms with Gasteiger partial charge in [-0.1, -0.05) is 6.92 Å². The molecule has 1 atom stereocenters. The summed E-state index contributed by atoms with van der Waals surface area (Å²) in [7, 11) is 0. The van der Waals surface area contributed by atoms with Gasteiger partial charge in [0, 0.05) is 36.8 Å². The zero-order chi connectivity index (χ0) is 17.4. The van der Waals surface area contributed by atoms with Crippen molar-refractivity contribution in [3.8, 4) is 0 Å². The van der Waals surface area contributed by atoms with Crippen LogP contribution in [0.2, 0.25) is 0 Å². The molecule has 4 heterocycles. The molecule has 0 aliphatic carbocycles. The number of likely N-dealkylation sites (tertiary alicyclic amines) is 1. The third kappa shape index (κ3) is 2.69. The van der Waals surface area contributed by atoms with Crippen molar-refractivity contribution >= 4 is 11.6 Å². The van der Waals surface area contributed by atoms with Crippen molar-refractivity contribution in [1.29, 1.82) is 0 Å². The minimum absolute atomic E-state index is 0.124. The van der Waals surface area contributed by atoms with Crippen molar-refractivity contribution < 1.29 is 4.79 Å². The number of H-pyrrole nitrogens is 1. The van der Waals surface area contributed by atoms with Crippen molar-refractivity contribution in [3.05, 3.63) is 58.2 Å². The molecule has 3 aromatic heterocycles. The Labute approximate surface area is 143 Å². The Morgan fingerprint density at radius 1 is 1.36 bits per heavy atom. The lowest BCUT2D eigenvalue weighted by Crippen LogP contribution is -2.31. The number of nitrogens with one attached hydrogen (secondary N) is 1. The molecule has 0 aromatic carbocycles. The van der Waals surface area contributed by atoms with Gasteiger partial charge < -0.3 is 4.90 Å². The fraction of sp³-hybridized carbons (Fsp3) is 0.353. The van der Waals surface area contributed by atoms with Crippen molar-refractivity contribution in [3.63, 3.8) is 0 Å². The van der Waals surface area contributed by atoms with Crippen molar-refractivity contribution in [1.82, 2.24) is 29.5 Å². The number of rotatable bonds is 3. The van der Waals surface area contributed by atoms with Gasteiger partial charge in [0.25, 0.3) is 11.5 Å². The molecule has 1 saturated heterocycles. The van der Waals surface area contributed by atoms with Crippen LogP contribution in [-0.4, -0.2) is 41.9 Å². The van der Waals surface area contributed by atoms with Crippen LogP contribution < -0.4 is 5.56 Å². The topological polar surface area (TPSA) is 96.2 Å². The smallest absolute Gasteiger partial charge is 0.274 e. The summed E-state index contributed by atoms with van der Waals surface area (Å²) in [6.07, 6.45) is 6.95. The van der Waals surface area contributed by atoms with Gasteiger partial charge in [0.05, 0.1) is 17.9 Å². The molecule has 0 radical (unpaired) electrons. The zero-order valence-electron chi connectivity index (χ0n) is 13.8. The molecule has 25 heavy (non-hydrogen) atoms. The summed E-state index contributed by atoms with van der Waals surface area (Å²) in [6, 6.07) is 3.26.